The number of methoxy groups -OCH3 is 1. The first-order valence-corrected chi connectivity index (χ1v) is 12.4. The van der Waals surface area contributed by atoms with Crippen molar-refractivity contribution in [1.82, 2.24) is 24.6 Å². The summed E-state index contributed by atoms with van der Waals surface area (Å²) in [5.74, 6) is 7.56. The van der Waals surface area contributed by atoms with E-state index in [2.05, 4.69) is 33.8 Å². The normalized spacial score (nSPS) is 14.4. The maximum atomic E-state index is 12.9. The zero-order chi connectivity index (χ0) is 25.9. The number of ketones is 1. The summed E-state index contributed by atoms with van der Waals surface area (Å²) in [6.45, 7) is 4.02. The molecule has 188 valence electrons. The van der Waals surface area contributed by atoms with E-state index in [4.69, 9.17) is 15.6 Å². The molecule has 4 aromatic rings. The number of hydrogen-bond donors (Lipinski definition) is 1. The zero-order valence-electron chi connectivity index (χ0n) is 21.4. The Hall–Kier alpha value is -4.22. The largest absolute Gasteiger partial charge is 0.497 e. The second-order valence-corrected chi connectivity index (χ2v) is 9.52. The van der Waals surface area contributed by atoms with Gasteiger partial charge in [-0.1, -0.05) is 30.2 Å². The lowest BCUT2D eigenvalue weighted by Gasteiger charge is -2.29. The van der Waals surface area contributed by atoms with E-state index < -0.39 is 0 Å². The van der Waals surface area contributed by atoms with Gasteiger partial charge in [0, 0.05) is 17.5 Å². The van der Waals surface area contributed by atoms with Crippen molar-refractivity contribution in [2.24, 2.45) is 0 Å². The number of ether oxygens (including phenoxy) is 1. The second kappa shape index (κ2) is 10.4. The van der Waals surface area contributed by atoms with Crippen molar-refractivity contribution in [3.63, 3.8) is 0 Å². The van der Waals surface area contributed by atoms with Crippen molar-refractivity contribution < 1.29 is 9.53 Å². The number of rotatable bonds is 5. The minimum atomic E-state index is 0.0226. The molecule has 2 aromatic carbocycles. The molecular formula is C29H30N6O2. The van der Waals surface area contributed by atoms with E-state index in [1.54, 1.807) is 19.2 Å². The maximum absolute atomic E-state index is 12.9. The fourth-order valence-corrected chi connectivity index (χ4v) is 4.70. The highest BCUT2D eigenvalue weighted by Crippen LogP contribution is 2.28. The van der Waals surface area contributed by atoms with Crippen molar-refractivity contribution in [3.05, 3.63) is 76.7 Å². The Balaban J connectivity index is 1.45. The highest BCUT2D eigenvalue weighted by molar-refractivity contribution is 5.98. The van der Waals surface area contributed by atoms with Crippen LogP contribution >= 0.6 is 0 Å². The maximum Gasteiger partial charge on any atom is 0.167 e. The average molecular weight is 495 g/mol. The molecule has 0 radical (unpaired) electrons. The molecule has 0 aliphatic carbocycles. The molecule has 8 nitrogen and oxygen atoms in total. The van der Waals surface area contributed by atoms with E-state index in [0.29, 0.717) is 28.2 Å². The zero-order valence-corrected chi connectivity index (χ0v) is 21.4. The molecule has 5 rings (SSSR count). The highest BCUT2D eigenvalue weighted by atomic mass is 16.5. The lowest BCUT2D eigenvalue weighted by molar-refractivity contribution is 0.0992. The summed E-state index contributed by atoms with van der Waals surface area (Å²) in [7, 11) is 3.73. The topological polar surface area (TPSA) is 99.2 Å². The minimum absolute atomic E-state index is 0.0226. The molecule has 0 atom stereocenters. The summed E-state index contributed by atoms with van der Waals surface area (Å²) in [4.78, 5) is 23.9. The summed E-state index contributed by atoms with van der Waals surface area (Å²) < 4.78 is 7.22. The van der Waals surface area contributed by atoms with Gasteiger partial charge < -0.3 is 15.4 Å². The number of nitrogen functional groups attached to an aromatic ring is 1. The van der Waals surface area contributed by atoms with Gasteiger partial charge in [0.25, 0.3) is 0 Å². The van der Waals surface area contributed by atoms with Crippen LogP contribution < -0.4 is 10.5 Å². The summed E-state index contributed by atoms with van der Waals surface area (Å²) in [6.07, 6.45) is 3.74. The number of benzene rings is 2. The molecule has 1 aliphatic rings. The smallest absolute Gasteiger partial charge is 0.167 e. The fraction of sp³-hybridized carbons (Fsp3) is 0.310. The SMILES string of the molecule is COc1cccc(C(=O)Cc2ccc(C)c(C#Cc3nn(C4CCN(C)CC4)c4ncnc(N)c34)c2)c1. The molecule has 3 heterocycles. The van der Waals surface area contributed by atoms with Crippen LogP contribution in [0.15, 0.2) is 48.8 Å². The number of nitrogens with zero attached hydrogens (tertiary/aromatic N) is 5. The van der Waals surface area contributed by atoms with Crippen molar-refractivity contribution in [2.75, 3.05) is 33.0 Å². The molecule has 1 saturated heterocycles. The number of fused-ring (bicyclic) bond motifs is 1. The van der Waals surface area contributed by atoms with Crippen molar-refractivity contribution in [2.45, 2.75) is 32.2 Å². The summed E-state index contributed by atoms with van der Waals surface area (Å²) in [6, 6.07) is 13.4. The second-order valence-electron chi connectivity index (χ2n) is 9.52. The van der Waals surface area contributed by atoms with E-state index in [0.717, 1.165) is 48.3 Å². The summed E-state index contributed by atoms with van der Waals surface area (Å²) >= 11 is 0. The van der Waals surface area contributed by atoms with Gasteiger partial charge in [0.15, 0.2) is 11.4 Å². The molecule has 2 aromatic heterocycles. The van der Waals surface area contributed by atoms with Crippen LogP contribution in [0.2, 0.25) is 0 Å². The first-order valence-electron chi connectivity index (χ1n) is 12.4. The molecular weight excluding hydrogens is 464 g/mol. The number of aryl methyl sites for hydroxylation is 1. The summed E-state index contributed by atoms with van der Waals surface area (Å²) in [5.41, 5.74) is 10.9. The van der Waals surface area contributed by atoms with E-state index in [-0.39, 0.29) is 18.2 Å². The van der Waals surface area contributed by atoms with Gasteiger partial charge in [-0.2, -0.15) is 5.10 Å². The number of likely N-dealkylation sites (tertiary alicyclic amines) is 1. The Morgan fingerprint density at radius 1 is 1.14 bits per heavy atom. The molecule has 0 spiro atoms. The molecule has 0 unspecified atom stereocenters. The number of hydrogen-bond acceptors (Lipinski definition) is 7. The first kappa shape index (κ1) is 24.5. The van der Waals surface area contributed by atoms with Gasteiger partial charge in [-0.15, -0.1) is 0 Å². The number of nitrogens with two attached hydrogens (primary N) is 1. The Morgan fingerprint density at radius 2 is 1.95 bits per heavy atom. The van der Waals surface area contributed by atoms with Crippen LogP contribution in [-0.4, -0.2) is 57.7 Å². The molecule has 0 saturated carbocycles. The van der Waals surface area contributed by atoms with Crippen molar-refractivity contribution in [1.29, 1.82) is 0 Å². The quantitative estimate of drug-likeness (QED) is 0.333. The van der Waals surface area contributed by atoms with E-state index in [9.17, 15) is 4.79 Å². The standard InChI is InChI=1S/C29H30N6O2/c1-19-7-8-20(16-26(36)22-5-4-6-24(17-22)37-3)15-21(19)9-10-25-27-28(30)31-18-32-29(27)35(33-25)23-11-13-34(2)14-12-23/h4-8,15,17-18,23H,11-14,16H2,1-3H3,(H2,30,31,32). The van der Waals surface area contributed by atoms with Gasteiger partial charge >= 0.3 is 0 Å². The van der Waals surface area contributed by atoms with E-state index in [1.807, 2.05) is 41.9 Å². The van der Waals surface area contributed by atoms with Gasteiger partial charge in [-0.3, -0.25) is 4.79 Å². The Bertz CT molecular complexity index is 1520. The molecule has 1 aliphatic heterocycles. The molecule has 0 amide bonds. The van der Waals surface area contributed by atoms with Gasteiger partial charge in [-0.25, -0.2) is 14.6 Å². The highest BCUT2D eigenvalue weighted by Gasteiger charge is 2.24. The van der Waals surface area contributed by atoms with Crippen LogP contribution in [0.1, 0.15) is 51.6 Å². The third-order valence-corrected chi connectivity index (χ3v) is 6.93. The van der Waals surface area contributed by atoms with Gasteiger partial charge in [0.1, 0.15) is 23.6 Å². The van der Waals surface area contributed by atoms with Crippen LogP contribution in [0.3, 0.4) is 0 Å². The van der Waals surface area contributed by atoms with Gasteiger partial charge in [0.05, 0.1) is 18.5 Å². The third-order valence-electron chi connectivity index (χ3n) is 6.93. The van der Waals surface area contributed by atoms with E-state index in [1.165, 1.54) is 6.33 Å². The first-order chi connectivity index (χ1) is 17.9. The molecule has 37 heavy (non-hydrogen) atoms. The van der Waals surface area contributed by atoms with Crippen LogP contribution in [-0.2, 0) is 6.42 Å². The number of aromatic nitrogens is 4. The number of piperidine rings is 1. The summed E-state index contributed by atoms with van der Waals surface area (Å²) in [5, 5.41) is 5.54. The van der Waals surface area contributed by atoms with Crippen LogP contribution in [0.25, 0.3) is 11.0 Å². The van der Waals surface area contributed by atoms with E-state index >= 15 is 0 Å². The predicted molar refractivity (Wildman–Crippen MR) is 144 cm³/mol. The Labute approximate surface area is 216 Å². The lowest BCUT2D eigenvalue weighted by atomic mass is 9.99. The van der Waals surface area contributed by atoms with Crippen LogP contribution in [0.4, 0.5) is 5.82 Å². The van der Waals surface area contributed by atoms with Crippen molar-refractivity contribution >= 4 is 22.6 Å². The Kier molecular flexibility index (Phi) is 6.89. The third kappa shape index (κ3) is 5.18. The predicted octanol–water partition coefficient (Wildman–Crippen LogP) is 3.82. The number of anilines is 1. The van der Waals surface area contributed by atoms with Crippen LogP contribution in [0, 0.1) is 18.8 Å². The average Bonchev–Trinajstić information content (AvgIpc) is 3.29. The van der Waals surface area contributed by atoms with Gasteiger partial charge in [-0.05, 0) is 75.1 Å². The minimum Gasteiger partial charge on any atom is -0.497 e. The van der Waals surface area contributed by atoms with Gasteiger partial charge in [0.2, 0.25) is 0 Å². The fourth-order valence-electron chi connectivity index (χ4n) is 4.70. The lowest BCUT2D eigenvalue weighted by Crippen LogP contribution is -2.32. The molecule has 0 bridgehead atoms. The number of Topliss-reactive ketones (excluding diaryl/α,β-unsaturated/α-hetero) is 1. The van der Waals surface area contributed by atoms with Crippen molar-refractivity contribution in [3.8, 4) is 17.6 Å². The number of carbonyl (C=O) groups excluding carboxylic acids is 1. The molecule has 8 heteroatoms. The number of carbonyl (C=O) groups is 1. The molecule has 1 fully saturated rings. The Morgan fingerprint density at radius 3 is 2.73 bits per heavy atom. The monoisotopic (exact) mass is 494 g/mol. The van der Waals surface area contributed by atoms with Crippen LogP contribution in [0.5, 0.6) is 5.75 Å². The molecule has 2 N–H and O–H groups in total.